The van der Waals surface area contributed by atoms with Gasteiger partial charge in [0.15, 0.2) is 0 Å². The molecule has 0 amide bonds. The van der Waals surface area contributed by atoms with E-state index in [-0.39, 0.29) is 18.8 Å². The van der Waals surface area contributed by atoms with Crippen molar-refractivity contribution in [3.63, 3.8) is 0 Å². The Hall–Kier alpha value is -2.82. The molecule has 0 heterocycles. The summed E-state index contributed by atoms with van der Waals surface area (Å²) in [4.78, 5) is 22.7. The van der Waals surface area contributed by atoms with E-state index >= 15 is 0 Å². The van der Waals surface area contributed by atoms with Crippen molar-refractivity contribution < 1.29 is 19.6 Å². The van der Waals surface area contributed by atoms with Crippen molar-refractivity contribution in [2.24, 2.45) is 5.92 Å². The van der Waals surface area contributed by atoms with Crippen molar-refractivity contribution in [1.29, 1.82) is 5.26 Å². The van der Waals surface area contributed by atoms with E-state index in [0.29, 0.717) is 11.4 Å². The number of anilines is 1. The second-order valence-electron chi connectivity index (χ2n) is 4.39. The Kier molecular flexibility index (Phi) is 5.48. The molecule has 1 atom stereocenters. The third-order valence-corrected chi connectivity index (χ3v) is 2.89. The lowest BCUT2D eigenvalue weighted by atomic mass is 10.1. The number of rotatable bonds is 7. The average Bonchev–Trinajstić information content (AvgIpc) is 2.45. The van der Waals surface area contributed by atoms with Crippen molar-refractivity contribution in [2.45, 2.75) is 6.92 Å². The number of hydrogen-bond donors (Lipinski definition) is 1. The Labute approximate surface area is 121 Å². The first-order valence-corrected chi connectivity index (χ1v) is 6.07. The minimum Gasteiger partial charge on any atom is -0.495 e. The number of hydrogen-bond acceptors (Lipinski definition) is 6. The van der Waals surface area contributed by atoms with Crippen molar-refractivity contribution in [3.8, 4) is 11.8 Å². The fourth-order valence-corrected chi connectivity index (χ4v) is 1.78. The zero-order valence-electron chi connectivity index (χ0n) is 11.6. The van der Waals surface area contributed by atoms with Crippen LogP contribution in [0.1, 0.15) is 6.92 Å². The van der Waals surface area contributed by atoms with E-state index in [0.717, 1.165) is 0 Å². The molecule has 0 spiro atoms. The second kappa shape index (κ2) is 7.09. The Morgan fingerprint density at radius 1 is 1.62 bits per heavy atom. The Balaban J connectivity index is 3.22. The Bertz CT molecular complexity index is 582. The number of ether oxygens (including phenoxy) is 1. The number of carbonyl (C=O) groups is 1. The van der Waals surface area contributed by atoms with Crippen molar-refractivity contribution in [2.75, 3.05) is 25.1 Å². The quantitative estimate of drug-likeness (QED) is 0.461. The van der Waals surface area contributed by atoms with Gasteiger partial charge in [-0.2, -0.15) is 5.26 Å². The molecular formula is C13H15N3O5. The zero-order chi connectivity index (χ0) is 16.0. The van der Waals surface area contributed by atoms with Crippen LogP contribution < -0.4 is 9.64 Å². The van der Waals surface area contributed by atoms with Gasteiger partial charge in [0.25, 0.3) is 5.69 Å². The van der Waals surface area contributed by atoms with Crippen LogP contribution >= 0.6 is 0 Å². The molecule has 0 aromatic heterocycles. The number of nitriles is 1. The smallest absolute Gasteiger partial charge is 0.308 e. The summed E-state index contributed by atoms with van der Waals surface area (Å²) in [5.41, 5.74) is 0.165. The fraction of sp³-hybridized carbons (Fsp3) is 0.385. The van der Waals surface area contributed by atoms with Gasteiger partial charge >= 0.3 is 5.97 Å². The van der Waals surface area contributed by atoms with Crippen LogP contribution in [0.5, 0.6) is 5.75 Å². The molecule has 0 aliphatic rings. The average molecular weight is 293 g/mol. The normalized spacial score (nSPS) is 11.3. The predicted molar refractivity (Wildman–Crippen MR) is 74.3 cm³/mol. The highest BCUT2D eigenvalue weighted by molar-refractivity contribution is 5.71. The number of aliphatic carboxylic acids is 1. The van der Waals surface area contributed by atoms with Gasteiger partial charge in [-0.05, 0) is 6.07 Å². The summed E-state index contributed by atoms with van der Waals surface area (Å²) in [7, 11) is 1.40. The molecule has 1 aromatic rings. The van der Waals surface area contributed by atoms with Gasteiger partial charge in [-0.1, -0.05) is 6.92 Å². The summed E-state index contributed by atoms with van der Waals surface area (Å²) < 4.78 is 5.13. The molecule has 0 radical (unpaired) electrons. The number of benzene rings is 1. The molecule has 21 heavy (non-hydrogen) atoms. The number of methoxy groups -OCH3 is 1. The molecule has 1 rings (SSSR count). The zero-order valence-corrected chi connectivity index (χ0v) is 11.6. The summed E-state index contributed by atoms with van der Waals surface area (Å²) in [6.07, 6.45) is 0. The molecule has 1 unspecified atom stereocenters. The molecule has 0 fully saturated rings. The first-order valence-electron chi connectivity index (χ1n) is 6.07. The first kappa shape index (κ1) is 16.2. The summed E-state index contributed by atoms with van der Waals surface area (Å²) >= 11 is 0. The molecule has 0 saturated heterocycles. The standard InChI is InChI=1S/C13H15N3O5/c1-9(13(17)18)8-15(6-5-14)11-7-10(16(19)20)3-4-12(11)21-2/h3-4,7,9H,6,8H2,1-2H3,(H,17,18). The summed E-state index contributed by atoms with van der Waals surface area (Å²) in [6, 6.07) is 5.89. The molecule has 0 aliphatic heterocycles. The number of non-ortho nitro benzene ring substituents is 1. The van der Waals surface area contributed by atoms with Crippen LogP contribution in [0, 0.1) is 27.4 Å². The number of nitro groups is 1. The van der Waals surface area contributed by atoms with E-state index in [1.807, 2.05) is 6.07 Å². The van der Waals surface area contributed by atoms with Crippen LogP contribution in [0.2, 0.25) is 0 Å². The molecule has 8 nitrogen and oxygen atoms in total. The van der Waals surface area contributed by atoms with Gasteiger partial charge < -0.3 is 14.7 Å². The van der Waals surface area contributed by atoms with E-state index < -0.39 is 16.8 Å². The van der Waals surface area contributed by atoms with Gasteiger partial charge in [0, 0.05) is 18.7 Å². The van der Waals surface area contributed by atoms with E-state index in [1.165, 1.54) is 37.1 Å². The Morgan fingerprint density at radius 2 is 2.29 bits per heavy atom. The third-order valence-electron chi connectivity index (χ3n) is 2.89. The molecule has 0 aliphatic carbocycles. The van der Waals surface area contributed by atoms with E-state index in [2.05, 4.69) is 0 Å². The molecule has 0 bridgehead atoms. The SMILES string of the molecule is COc1ccc([N+](=O)[O-])cc1N(CC#N)CC(C)C(=O)O. The molecule has 0 saturated carbocycles. The van der Waals surface area contributed by atoms with Crippen LogP contribution in [0.25, 0.3) is 0 Å². The van der Waals surface area contributed by atoms with Crippen molar-refractivity contribution >= 4 is 17.3 Å². The molecule has 112 valence electrons. The predicted octanol–water partition coefficient (Wildman–Crippen LogP) is 1.65. The number of carboxylic acids is 1. The number of nitrogens with zero attached hydrogens (tertiary/aromatic N) is 3. The molecule has 8 heteroatoms. The highest BCUT2D eigenvalue weighted by atomic mass is 16.6. The molecule has 1 aromatic carbocycles. The van der Waals surface area contributed by atoms with E-state index in [4.69, 9.17) is 15.1 Å². The summed E-state index contributed by atoms with van der Waals surface area (Å²) in [5.74, 6) is -1.40. The van der Waals surface area contributed by atoms with Gasteiger partial charge in [-0.25, -0.2) is 0 Å². The maximum Gasteiger partial charge on any atom is 0.308 e. The van der Waals surface area contributed by atoms with Gasteiger partial charge in [0.05, 0.1) is 29.7 Å². The van der Waals surface area contributed by atoms with Crippen LogP contribution in [0.4, 0.5) is 11.4 Å². The van der Waals surface area contributed by atoms with Crippen molar-refractivity contribution in [1.82, 2.24) is 0 Å². The minimum absolute atomic E-state index is 0.0421. The second-order valence-corrected chi connectivity index (χ2v) is 4.39. The highest BCUT2D eigenvalue weighted by Crippen LogP contribution is 2.32. The fourth-order valence-electron chi connectivity index (χ4n) is 1.78. The number of nitro benzene ring substituents is 1. The van der Waals surface area contributed by atoms with Gasteiger partial charge in [0.2, 0.25) is 0 Å². The maximum absolute atomic E-state index is 11.0. The molecule has 1 N–H and O–H groups in total. The van der Waals surface area contributed by atoms with Gasteiger partial charge in [-0.15, -0.1) is 0 Å². The van der Waals surface area contributed by atoms with E-state index in [1.54, 1.807) is 0 Å². The van der Waals surface area contributed by atoms with Gasteiger partial charge in [-0.3, -0.25) is 14.9 Å². The van der Waals surface area contributed by atoms with Crippen LogP contribution in [0.15, 0.2) is 18.2 Å². The highest BCUT2D eigenvalue weighted by Gasteiger charge is 2.21. The summed E-state index contributed by atoms with van der Waals surface area (Å²) in [6.45, 7) is 1.44. The lowest BCUT2D eigenvalue weighted by molar-refractivity contribution is -0.384. The number of carboxylic acid groups (broad SMARTS) is 1. The third kappa shape index (κ3) is 4.07. The van der Waals surface area contributed by atoms with Crippen LogP contribution in [-0.4, -0.2) is 36.2 Å². The van der Waals surface area contributed by atoms with Gasteiger partial charge in [0.1, 0.15) is 12.3 Å². The summed E-state index contributed by atoms with van der Waals surface area (Å²) in [5, 5.41) is 28.7. The lowest BCUT2D eigenvalue weighted by Gasteiger charge is -2.25. The lowest BCUT2D eigenvalue weighted by Crippen LogP contribution is -2.32. The first-order chi connectivity index (χ1) is 9.90. The topological polar surface area (TPSA) is 117 Å². The van der Waals surface area contributed by atoms with Crippen molar-refractivity contribution in [3.05, 3.63) is 28.3 Å². The molecular weight excluding hydrogens is 278 g/mol. The van der Waals surface area contributed by atoms with Crippen LogP contribution in [-0.2, 0) is 4.79 Å². The largest absolute Gasteiger partial charge is 0.495 e. The minimum atomic E-state index is -1.01. The monoisotopic (exact) mass is 293 g/mol. The maximum atomic E-state index is 11.0. The van der Waals surface area contributed by atoms with E-state index in [9.17, 15) is 14.9 Å². The Morgan fingerprint density at radius 3 is 2.76 bits per heavy atom. The van der Waals surface area contributed by atoms with Crippen LogP contribution in [0.3, 0.4) is 0 Å².